The van der Waals surface area contributed by atoms with Gasteiger partial charge in [0.1, 0.15) is 17.2 Å². The summed E-state index contributed by atoms with van der Waals surface area (Å²) in [5, 5.41) is 21.1. The molecule has 0 bridgehead atoms. The van der Waals surface area contributed by atoms with Gasteiger partial charge in [-0.05, 0) is 44.0 Å². The third-order valence-corrected chi connectivity index (χ3v) is 4.83. The molecule has 4 rings (SSSR count). The molecule has 1 aliphatic rings. The molecule has 0 unspecified atom stereocenters. The van der Waals surface area contributed by atoms with Crippen molar-refractivity contribution >= 4 is 11.5 Å². The van der Waals surface area contributed by atoms with Gasteiger partial charge >= 0.3 is 13.0 Å². The zero-order valence-corrected chi connectivity index (χ0v) is 16.0. The Kier molecular flexibility index (Phi) is 5.12. The van der Waals surface area contributed by atoms with Crippen molar-refractivity contribution < 1.29 is 36.5 Å². The third-order valence-electron chi connectivity index (χ3n) is 4.83. The van der Waals surface area contributed by atoms with E-state index in [4.69, 9.17) is 0 Å². The molecule has 0 radical (unpaired) electrons. The van der Waals surface area contributed by atoms with Crippen LogP contribution in [0.1, 0.15) is 19.8 Å². The molecule has 1 saturated carbocycles. The van der Waals surface area contributed by atoms with Crippen LogP contribution in [0.25, 0.3) is 16.8 Å². The Balaban J connectivity index is 1.73. The Bertz CT molecular complexity index is 1090. The molecule has 2 aromatic heterocycles. The molecule has 7 nitrogen and oxygen atoms in total. The summed E-state index contributed by atoms with van der Waals surface area (Å²) in [6.45, 7) is -1.49. The number of anilines is 1. The lowest BCUT2D eigenvalue weighted by atomic mass is 9.77. The quantitative estimate of drug-likeness (QED) is 0.555. The van der Waals surface area contributed by atoms with E-state index in [0.717, 1.165) is 18.2 Å². The average molecular weight is 444 g/mol. The molecule has 0 saturated heterocycles. The van der Waals surface area contributed by atoms with Crippen LogP contribution in [0.5, 0.6) is 11.5 Å². The molecular weight excluding hydrogens is 427 g/mol. The van der Waals surface area contributed by atoms with E-state index in [2.05, 4.69) is 25.0 Å². The maximum atomic E-state index is 12.9. The number of aliphatic hydroxyl groups is 1. The summed E-state index contributed by atoms with van der Waals surface area (Å²) in [5.41, 5.74) is -0.391. The number of hydrogen-bond acceptors (Lipinski definition) is 6. The molecule has 0 atom stereocenters. The second-order valence-corrected chi connectivity index (χ2v) is 7.47. The Morgan fingerprint density at radius 1 is 1.23 bits per heavy atom. The molecule has 0 amide bonds. The van der Waals surface area contributed by atoms with E-state index >= 15 is 0 Å². The molecule has 1 aliphatic carbocycles. The summed E-state index contributed by atoms with van der Waals surface area (Å²) in [7, 11) is 0. The second-order valence-electron chi connectivity index (χ2n) is 7.47. The van der Waals surface area contributed by atoms with Crippen molar-refractivity contribution in [3.8, 4) is 22.8 Å². The van der Waals surface area contributed by atoms with E-state index < -0.39 is 30.1 Å². The number of benzene rings is 1. The lowest BCUT2D eigenvalue weighted by Crippen LogP contribution is -2.48. The number of rotatable bonds is 6. The van der Waals surface area contributed by atoms with Gasteiger partial charge < -0.3 is 19.9 Å². The first kappa shape index (κ1) is 21.1. The van der Waals surface area contributed by atoms with Gasteiger partial charge in [0.2, 0.25) is 5.95 Å². The Morgan fingerprint density at radius 3 is 2.61 bits per heavy atom. The van der Waals surface area contributed by atoms with Gasteiger partial charge in [-0.2, -0.15) is 8.78 Å². The molecule has 2 N–H and O–H groups in total. The highest BCUT2D eigenvalue weighted by atomic mass is 19.4. The molecule has 1 aromatic carbocycles. The normalized spacial score (nSPS) is 21.2. The first-order valence-electron chi connectivity index (χ1n) is 9.18. The highest BCUT2D eigenvalue weighted by Crippen LogP contribution is 2.39. The Labute approximate surface area is 172 Å². The lowest BCUT2D eigenvalue weighted by molar-refractivity contribution is -0.274. The third kappa shape index (κ3) is 4.63. The second kappa shape index (κ2) is 7.52. The summed E-state index contributed by atoms with van der Waals surface area (Å²) in [5.74, 6) is -0.897. The molecule has 166 valence electrons. The SMILES string of the molecule is CC1(O)CC(Nc2nnc(-c3ccc(OC(F)F)cc3OC(F)(F)F)c3cccn23)C1. The zero-order chi connectivity index (χ0) is 22.4. The minimum Gasteiger partial charge on any atom is -0.435 e. The average Bonchev–Trinajstić information content (AvgIpc) is 3.09. The number of nitrogens with zero attached hydrogens (tertiary/aromatic N) is 3. The minimum absolute atomic E-state index is 0.0318. The summed E-state index contributed by atoms with van der Waals surface area (Å²) in [6, 6.07) is 6.20. The van der Waals surface area contributed by atoms with Gasteiger partial charge in [-0.3, -0.25) is 4.40 Å². The van der Waals surface area contributed by atoms with Gasteiger partial charge in [0.25, 0.3) is 0 Å². The van der Waals surface area contributed by atoms with Gasteiger partial charge in [0.05, 0.1) is 11.1 Å². The highest BCUT2D eigenvalue weighted by Gasteiger charge is 2.39. The topological polar surface area (TPSA) is 80.9 Å². The standard InChI is InChI=1S/C19H17F5N4O3/c1-18(29)8-10(9-18)25-17-27-26-15(13-3-2-6-28(13)17)12-5-4-11(30-16(20)21)7-14(12)31-19(22,23)24/h2-7,10,16,29H,8-9H2,1H3,(H,25,27). The van der Waals surface area contributed by atoms with Crippen molar-refractivity contribution in [2.24, 2.45) is 0 Å². The molecule has 12 heteroatoms. The van der Waals surface area contributed by atoms with Crippen LogP contribution >= 0.6 is 0 Å². The minimum atomic E-state index is -5.06. The highest BCUT2D eigenvalue weighted by molar-refractivity contribution is 5.82. The predicted molar refractivity (Wildman–Crippen MR) is 99.0 cm³/mol. The number of hydrogen-bond donors (Lipinski definition) is 2. The summed E-state index contributed by atoms with van der Waals surface area (Å²) in [4.78, 5) is 0. The van der Waals surface area contributed by atoms with Gasteiger partial charge in [0.15, 0.2) is 0 Å². The van der Waals surface area contributed by atoms with E-state index in [9.17, 15) is 27.1 Å². The molecular formula is C19H17F5N4O3. The molecule has 0 spiro atoms. The van der Waals surface area contributed by atoms with E-state index in [1.807, 2.05) is 0 Å². The van der Waals surface area contributed by atoms with Crippen molar-refractivity contribution in [1.29, 1.82) is 0 Å². The molecule has 31 heavy (non-hydrogen) atoms. The van der Waals surface area contributed by atoms with Crippen LogP contribution < -0.4 is 14.8 Å². The number of halogens is 5. The lowest BCUT2D eigenvalue weighted by Gasteiger charge is -2.41. The number of ether oxygens (including phenoxy) is 2. The fourth-order valence-corrected chi connectivity index (χ4v) is 3.62. The van der Waals surface area contributed by atoms with Crippen LogP contribution in [-0.2, 0) is 0 Å². The first-order chi connectivity index (χ1) is 14.5. The van der Waals surface area contributed by atoms with Crippen LogP contribution in [-0.4, -0.2) is 44.3 Å². The largest absolute Gasteiger partial charge is 0.573 e. The molecule has 1 fully saturated rings. The maximum Gasteiger partial charge on any atom is 0.573 e. The number of aromatic nitrogens is 3. The summed E-state index contributed by atoms with van der Waals surface area (Å²) >= 11 is 0. The van der Waals surface area contributed by atoms with Crippen LogP contribution in [0, 0.1) is 0 Å². The summed E-state index contributed by atoms with van der Waals surface area (Å²) < 4.78 is 73.5. The van der Waals surface area contributed by atoms with E-state index in [1.165, 1.54) is 0 Å². The zero-order valence-electron chi connectivity index (χ0n) is 16.0. The van der Waals surface area contributed by atoms with Crippen molar-refractivity contribution in [2.45, 2.75) is 44.4 Å². The van der Waals surface area contributed by atoms with Crippen LogP contribution in [0.3, 0.4) is 0 Å². The molecule has 0 aliphatic heterocycles. The van der Waals surface area contributed by atoms with Gasteiger partial charge in [-0.25, -0.2) is 0 Å². The number of fused-ring (bicyclic) bond motifs is 1. The number of nitrogens with one attached hydrogen (secondary N) is 1. The maximum absolute atomic E-state index is 12.9. The monoisotopic (exact) mass is 444 g/mol. The number of alkyl halides is 5. The van der Waals surface area contributed by atoms with Crippen LogP contribution in [0.4, 0.5) is 27.9 Å². The predicted octanol–water partition coefficient (Wildman–Crippen LogP) is 4.22. The van der Waals surface area contributed by atoms with Gasteiger partial charge in [0, 0.05) is 23.9 Å². The Hall–Kier alpha value is -3.15. The van der Waals surface area contributed by atoms with E-state index in [1.54, 1.807) is 29.7 Å². The van der Waals surface area contributed by atoms with Crippen molar-refractivity contribution in [2.75, 3.05) is 5.32 Å². The fourth-order valence-electron chi connectivity index (χ4n) is 3.62. The molecule has 2 heterocycles. The van der Waals surface area contributed by atoms with Gasteiger partial charge in [-0.1, -0.05) is 0 Å². The van der Waals surface area contributed by atoms with Gasteiger partial charge in [-0.15, -0.1) is 23.4 Å². The fraction of sp³-hybridized carbons (Fsp3) is 0.368. The first-order valence-corrected chi connectivity index (χ1v) is 9.18. The van der Waals surface area contributed by atoms with Crippen LogP contribution in [0.2, 0.25) is 0 Å². The molecule has 3 aromatic rings. The Morgan fingerprint density at radius 2 is 1.97 bits per heavy atom. The summed E-state index contributed by atoms with van der Waals surface area (Å²) in [6.07, 6.45) is -2.40. The van der Waals surface area contributed by atoms with Crippen molar-refractivity contribution in [1.82, 2.24) is 14.6 Å². The van der Waals surface area contributed by atoms with Crippen LogP contribution in [0.15, 0.2) is 36.5 Å². The smallest absolute Gasteiger partial charge is 0.435 e. The van der Waals surface area contributed by atoms with Crippen molar-refractivity contribution in [3.05, 3.63) is 36.5 Å². The van der Waals surface area contributed by atoms with E-state index in [-0.39, 0.29) is 17.3 Å². The van der Waals surface area contributed by atoms with Crippen molar-refractivity contribution in [3.63, 3.8) is 0 Å². The van der Waals surface area contributed by atoms with E-state index in [0.29, 0.717) is 24.3 Å².